The van der Waals surface area contributed by atoms with E-state index in [1.165, 1.54) is 0 Å². The zero-order chi connectivity index (χ0) is 19.8. The highest BCUT2D eigenvalue weighted by molar-refractivity contribution is 6.22. The summed E-state index contributed by atoms with van der Waals surface area (Å²) in [4.78, 5) is 20.5. The first-order valence-corrected chi connectivity index (χ1v) is 10.1. The molecule has 3 aromatic heterocycles. The first-order valence-electron chi connectivity index (χ1n) is 9.71. The van der Waals surface area contributed by atoms with Gasteiger partial charge in [-0.05, 0) is 25.5 Å². The van der Waals surface area contributed by atoms with Crippen LogP contribution in [0.15, 0.2) is 48.6 Å². The Balaban J connectivity index is 1.58. The molecule has 5 rings (SSSR count). The normalized spacial score (nSPS) is 19.9. The molecule has 1 saturated heterocycles. The predicted molar refractivity (Wildman–Crippen MR) is 114 cm³/mol. The van der Waals surface area contributed by atoms with E-state index < -0.39 is 0 Å². The second-order valence-corrected chi connectivity index (χ2v) is 7.75. The number of imidazole rings is 1. The van der Waals surface area contributed by atoms with Crippen LogP contribution >= 0.6 is 11.6 Å². The minimum absolute atomic E-state index is 0.0336. The molecule has 0 amide bonds. The van der Waals surface area contributed by atoms with Crippen LogP contribution in [0.3, 0.4) is 0 Å². The van der Waals surface area contributed by atoms with Gasteiger partial charge in [-0.25, -0.2) is 15.0 Å². The van der Waals surface area contributed by atoms with Crippen LogP contribution in [0.1, 0.15) is 13.3 Å². The van der Waals surface area contributed by atoms with E-state index in [0.717, 1.165) is 59.2 Å². The van der Waals surface area contributed by atoms with E-state index in [4.69, 9.17) is 21.3 Å². The molecule has 0 aromatic carbocycles. The van der Waals surface area contributed by atoms with Gasteiger partial charge in [0, 0.05) is 37.4 Å². The third-order valence-electron chi connectivity index (χ3n) is 5.31. The van der Waals surface area contributed by atoms with Gasteiger partial charge in [0.05, 0.1) is 41.4 Å². The summed E-state index contributed by atoms with van der Waals surface area (Å²) in [6, 6.07) is 1.92. The number of fused-ring (bicyclic) bond motifs is 1. The quantitative estimate of drug-likeness (QED) is 0.617. The Morgan fingerprint density at radius 1 is 1.14 bits per heavy atom. The van der Waals surface area contributed by atoms with Crippen molar-refractivity contribution >= 4 is 34.3 Å². The average molecular weight is 409 g/mol. The molecule has 1 fully saturated rings. The molecule has 1 unspecified atom stereocenters. The number of allylic oxidation sites excluding steroid dienone is 4. The largest absolute Gasteiger partial charge is 0.378 e. The van der Waals surface area contributed by atoms with Crippen molar-refractivity contribution < 1.29 is 4.74 Å². The molecule has 7 nitrogen and oxygen atoms in total. The second-order valence-electron chi connectivity index (χ2n) is 7.23. The molecule has 0 saturated carbocycles. The van der Waals surface area contributed by atoms with Crippen LogP contribution in [0, 0.1) is 0 Å². The van der Waals surface area contributed by atoms with E-state index in [0.29, 0.717) is 13.2 Å². The molecule has 148 valence electrons. The van der Waals surface area contributed by atoms with Crippen molar-refractivity contribution in [2.24, 2.45) is 0 Å². The Bertz CT molecular complexity index is 1100. The Labute approximate surface area is 173 Å². The molecule has 2 aliphatic rings. The average Bonchev–Trinajstić information content (AvgIpc) is 3.16. The Hall–Kier alpha value is -2.77. The minimum atomic E-state index is 0.0336. The fourth-order valence-electron chi connectivity index (χ4n) is 3.69. The van der Waals surface area contributed by atoms with Gasteiger partial charge < -0.3 is 9.64 Å². The third kappa shape index (κ3) is 3.41. The van der Waals surface area contributed by atoms with Crippen LogP contribution in [0.5, 0.6) is 0 Å². The maximum absolute atomic E-state index is 6.38. The van der Waals surface area contributed by atoms with Gasteiger partial charge in [-0.15, -0.1) is 11.6 Å². The van der Waals surface area contributed by atoms with Gasteiger partial charge in [0.1, 0.15) is 5.82 Å². The third-order valence-corrected chi connectivity index (χ3v) is 5.83. The lowest BCUT2D eigenvalue weighted by Crippen LogP contribution is -2.37. The summed E-state index contributed by atoms with van der Waals surface area (Å²) in [5.41, 5.74) is 4.87. The predicted octanol–water partition coefficient (Wildman–Crippen LogP) is 3.52. The number of pyridine rings is 1. The zero-order valence-corrected chi connectivity index (χ0v) is 16.9. The highest BCUT2D eigenvalue weighted by atomic mass is 35.5. The zero-order valence-electron chi connectivity index (χ0n) is 16.1. The number of hydrogen-bond donors (Lipinski definition) is 0. The lowest BCUT2D eigenvalue weighted by molar-refractivity contribution is 0.122. The second kappa shape index (κ2) is 7.57. The van der Waals surface area contributed by atoms with E-state index in [2.05, 4.69) is 43.5 Å². The molecule has 29 heavy (non-hydrogen) atoms. The lowest BCUT2D eigenvalue weighted by atomic mass is 10.0. The SMILES string of the molecule is CC1=CC(n2c(-c3cnc(N4CCOCC4)nc3)nc3ccncc32)=CCC1Cl. The summed E-state index contributed by atoms with van der Waals surface area (Å²) in [5, 5.41) is 0.0336. The minimum Gasteiger partial charge on any atom is -0.378 e. The van der Waals surface area contributed by atoms with Gasteiger partial charge in [-0.2, -0.15) is 0 Å². The van der Waals surface area contributed by atoms with Crippen molar-refractivity contribution in [3.63, 3.8) is 0 Å². The molecule has 1 atom stereocenters. The van der Waals surface area contributed by atoms with Crippen LogP contribution in [0.4, 0.5) is 5.95 Å². The summed E-state index contributed by atoms with van der Waals surface area (Å²) >= 11 is 6.38. The number of halogens is 1. The van der Waals surface area contributed by atoms with Crippen molar-refractivity contribution in [3.05, 3.63) is 48.6 Å². The van der Waals surface area contributed by atoms with Crippen molar-refractivity contribution in [2.75, 3.05) is 31.2 Å². The van der Waals surface area contributed by atoms with Gasteiger partial charge in [0.25, 0.3) is 0 Å². The van der Waals surface area contributed by atoms with Gasteiger partial charge in [0.15, 0.2) is 0 Å². The highest BCUT2D eigenvalue weighted by Gasteiger charge is 2.20. The van der Waals surface area contributed by atoms with Crippen molar-refractivity contribution in [3.8, 4) is 11.4 Å². The Morgan fingerprint density at radius 2 is 1.93 bits per heavy atom. The summed E-state index contributed by atoms with van der Waals surface area (Å²) < 4.78 is 7.52. The molecule has 4 heterocycles. The number of aromatic nitrogens is 5. The number of anilines is 1. The molecule has 1 aliphatic carbocycles. The van der Waals surface area contributed by atoms with E-state index >= 15 is 0 Å². The van der Waals surface area contributed by atoms with Gasteiger partial charge in [0.2, 0.25) is 5.95 Å². The number of hydrogen-bond acceptors (Lipinski definition) is 6. The van der Waals surface area contributed by atoms with E-state index in [-0.39, 0.29) is 5.38 Å². The smallest absolute Gasteiger partial charge is 0.225 e. The number of nitrogens with zero attached hydrogens (tertiary/aromatic N) is 6. The number of ether oxygens (including phenoxy) is 1. The molecule has 1 aliphatic heterocycles. The maximum Gasteiger partial charge on any atom is 0.225 e. The van der Waals surface area contributed by atoms with Crippen LogP contribution in [0.2, 0.25) is 0 Å². The van der Waals surface area contributed by atoms with Crippen molar-refractivity contribution in [2.45, 2.75) is 18.7 Å². The van der Waals surface area contributed by atoms with Crippen LogP contribution < -0.4 is 4.90 Å². The molecule has 0 bridgehead atoms. The number of morpholine rings is 1. The highest BCUT2D eigenvalue weighted by Crippen LogP contribution is 2.32. The maximum atomic E-state index is 6.38. The fourth-order valence-corrected chi connectivity index (χ4v) is 3.84. The van der Waals surface area contributed by atoms with E-state index in [1.807, 2.05) is 24.7 Å². The Kier molecular flexibility index (Phi) is 4.77. The summed E-state index contributed by atoms with van der Waals surface area (Å²) in [7, 11) is 0. The van der Waals surface area contributed by atoms with Gasteiger partial charge >= 0.3 is 0 Å². The van der Waals surface area contributed by atoms with Crippen LogP contribution in [-0.4, -0.2) is 56.2 Å². The van der Waals surface area contributed by atoms with Gasteiger partial charge in [-0.3, -0.25) is 9.55 Å². The Morgan fingerprint density at radius 3 is 2.69 bits per heavy atom. The number of alkyl halides is 1. The molecule has 0 radical (unpaired) electrons. The van der Waals surface area contributed by atoms with Crippen molar-refractivity contribution in [1.82, 2.24) is 24.5 Å². The van der Waals surface area contributed by atoms with E-state index in [9.17, 15) is 0 Å². The molecular weight excluding hydrogens is 388 g/mol. The monoisotopic (exact) mass is 408 g/mol. The van der Waals surface area contributed by atoms with E-state index in [1.54, 1.807) is 6.20 Å². The molecule has 8 heteroatoms. The molecule has 0 spiro atoms. The summed E-state index contributed by atoms with van der Waals surface area (Å²) in [6.45, 7) is 5.08. The van der Waals surface area contributed by atoms with Crippen LogP contribution in [0.25, 0.3) is 28.1 Å². The fraction of sp³-hybridized carbons (Fsp3) is 0.333. The standard InChI is InChI=1S/C21H21ClN6O/c1-14-10-16(2-3-17(14)22)28-19-13-23-5-4-18(19)26-20(28)15-11-24-21(25-12-15)27-6-8-29-9-7-27/h2,4-5,10-13,17H,3,6-9H2,1H3. The van der Waals surface area contributed by atoms with Crippen molar-refractivity contribution in [1.29, 1.82) is 0 Å². The number of rotatable bonds is 3. The molecular formula is C21H21ClN6O. The first-order chi connectivity index (χ1) is 14.2. The van der Waals surface area contributed by atoms with Crippen LogP contribution in [-0.2, 0) is 4.74 Å². The topological polar surface area (TPSA) is 69.0 Å². The lowest BCUT2D eigenvalue weighted by Gasteiger charge is -2.26. The summed E-state index contributed by atoms with van der Waals surface area (Å²) in [5.74, 6) is 1.52. The molecule has 3 aromatic rings. The first kappa shape index (κ1) is 18.3. The summed E-state index contributed by atoms with van der Waals surface area (Å²) in [6.07, 6.45) is 12.3. The van der Waals surface area contributed by atoms with Gasteiger partial charge in [-0.1, -0.05) is 11.6 Å². The molecule has 0 N–H and O–H groups in total.